The molecule has 27 heavy (non-hydrogen) atoms. The topological polar surface area (TPSA) is 107 Å². The Balaban J connectivity index is 1.74. The highest BCUT2D eigenvalue weighted by atomic mass is 32.2. The van der Waals surface area contributed by atoms with Crippen LogP contribution in [0.15, 0.2) is 24.3 Å². The highest BCUT2D eigenvalue weighted by molar-refractivity contribution is 7.91. The molecule has 2 aliphatic rings. The number of benzene rings is 1. The zero-order valence-electron chi connectivity index (χ0n) is 15.1. The van der Waals surface area contributed by atoms with Crippen molar-refractivity contribution in [2.75, 3.05) is 18.1 Å². The van der Waals surface area contributed by atoms with E-state index in [2.05, 4.69) is 0 Å². The van der Waals surface area contributed by atoms with E-state index in [0.29, 0.717) is 6.42 Å². The summed E-state index contributed by atoms with van der Waals surface area (Å²) >= 11 is 0. The molecular formula is C18H24N2O6S. The summed E-state index contributed by atoms with van der Waals surface area (Å²) in [5, 5.41) is 11.1. The molecule has 148 valence electrons. The lowest BCUT2D eigenvalue weighted by atomic mass is 9.93. The van der Waals surface area contributed by atoms with Gasteiger partial charge in [0, 0.05) is 18.2 Å². The van der Waals surface area contributed by atoms with Crippen LogP contribution in [0.2, 0.25) is 0 Å². The molecule has 1 heterocycles. The molecule has 1 aromatic carbocycles. The van der Waals surface area contributed by atoms with Gasteiger partial charge in [-0.3, -0.25) is 14.9 Å². The highest BCUT2D eigenvalue weighted by Crippen LogP contribution is 2.29. The van der Waals surface area contributed by atoms with E-state index < -0.39 is 14.8 Å². The summed E-state index contributed by atoms with van der Waals surface area (Å²) in [4.78, 5) is 25.2. The molecule has 0 radical (unpaired) electrons. The summed E-state index contributed by atoms with van der Waals surface area (Å²) < 4.78 is 29.3. The first kappa shape index (κ1) is 19.6. The van der Waals surface area contributed by atoms with Crippen LogP contribution in [0, 0.1) is 10.1 Å². The SMILES string of the molecule is O=C(COc1ccccc1[N+](=O)[O-])N(C1CCCCC1)[C@H]1CCS(=O)(=O)C1. The molecule has 0 bridgehead atoms. The molecule has 1 saturated carbocycles. The molecule has 1 saturated heterocycles. The van der Waals surface area contributed by atoms with Crippen molar-refractivity contribution in [3.05, 3.63) is 34.4 Å². The van der Waals surface area contributed by atoms with Crippen LogP contribution in [-0.4, -0.2) is 54.3 Å². The predicted molar refractivity (Wildman–Crippen MR) is 99.4 cm³/mol. The lowest BCUT2D eigenvalue weighted by Gasteiger charge is -2.38. The van der Waals surface area contributed by atoms with Crippen LogP contribution in [0.3, 0.4) is 0 Å². The number of para-hydroxylation sites is 2. The molecule has 1 aliphatic carbocycles. The summed E-state index contributed by atoms with van der Waals surface area (Å²) in [6.07, 6.45) is 5.30. The van der Waals surface area contributed by atoms with E-state index >= 15 is 0 Å². The Kier molecular flexibility index (Phi) is 5.98. The first-order valence-corrected chi connectivity index (χ1v) is 11.1. The lowest BCUT2D eigenvalue weighted by Crippen LogP contribution is -2.50. The maximum absolute atomic E-state index is 12.9. The van der Waals surface area contributed by atoms with E-state index in [0.717, 1.165) is 32.1 Å². The van der Waals surface area contributed by atoms with Crippen LogP contribution in [0.5, 0.6) is 5.75 Å². The van der Waals surface area contributed by atoms with Crippen molar-refractivity contribution in [1.29, 1.82) is 0 Å². The van der Waals surface area contributed by atoms with E-state index in [9.17, 15) is 23.3 Å². The zero-order chi connectivity index (χ0) is 19.4. The van der Waals surface area contributed by atoms with Crippen LogP contribution >= 0.6 is 0 Å². The van der Waals surface area contributed by atoms with Crippen molar-refractivity contribution in [1.82, 2.24) is 4.90 Å². The van der Waals surface area contributed by atoms with Crippen LogP contribution in [0.1, 0.15) is 38.5 Å². The zero-order valence-corrected chi connectivity index (χ0v) is 15.9. The molecular weight excluding hydrogens is 372 g/mol. The summed E-state index contributed by atoms with van der Waals surface area (Å²) in [5.74, 6) is -0.180. The second kappa shape index (κ2) is 8.24. The van der Waals surface area contributed by atoms with Crippen LogP contribution < -0.4 is 4.74 Å². The fraction of sp³-hybridized carbons (Fsp3) is 0.611. The van der Waals surface area contributed by atoms with Gasteiger partial charge in [0.2, 0.25) is 0 Å². The van der Waals surface area contributed by atoms with E-state index in [4.69, 9.17) is 4.74 Å². The Labute approximate surface area is 158 Å². The Hall–Kier alpha value is -2.16. The fourth-order valence-corrected chi connectivity index (χ4v) is 5.71. The van der Waals surface area contributed by atoms with Crippen molar-refractivity contribution in [3.63, 3.8) is 0 Å². The largest absolute Gasteiger partial charge is 0.477 e. The third-order valence-electron chi connectivity index (χ3n) is 5.27. The number of hydrogen-bond acceptors (Lipinski definition) is 6. The minimum atomic E-state index is -3.12. The van der Waals surface area contributed by atoms with Gasteiger partial charge in [-0.05, 0) is 25.3 Å². The minimum Gasteiger partial charge on any atom is -0.477 e. The summed E-state index contributed by atoms with van der Waals surface area (Å²) in [6, 6.07) is 5.59. The van der Waals surface area contributed by atoms with Crippen LogP contribution in [0.25, 0.3) is 0 Å². The van der Waals surface area contributed by atoms with Gasteiger partial charge in [0.25, 0.3) is 5.91 Å². The highest BCUT2D eigenvalue weighted by Gasteiger charge is 2.38. The van der Waals surface area contributed by atoms with E-state index in [1.54, 1.807) is 11.0 Å². The van der Waals surface area contributed by atoms with Crippen molar-refractivity contribution in [3.8, 4) is 5.75 Å². The third-order valence-corrected chi connectivity index (χ3v) is 7.02. The van der Waals surface area contributed by atoms with Gasteiger partial charge in [0.1, 0.15) is 0 Å². The molecule has 0 unspecified atom stereocenters. The third kappa shape index (κ3) is 4.77. The molecule has 1 amide bonds. The second-order valence-electron chi connectivity index (χ2n) is 7.16. The number of nitrogens with zero attached hydrogens (tertiary/aromatic N) is 2. The quantitative estimate of drug-likeness (QED) is 0.539. The molecule has 2 fully saturated rings. The van der Waals surface area contributed by atoms with Gasteiger partial charge in [0.15, 0.2) is 22.2 Å². The number of carbonyl (C=O) groups is 1. The lowest BCUT2D eigenvalue weighted by molar-refractivity contribution is -0.385. The molecule has 1 atom stereocenters. The van der Waals surface area contributed by atoms with Gasteiger partial charge < -0.3 is 9.64 Å². The van der Waals surface area contributed by atoms with Crippen LogP contribution in [0.4, 0.5) is 5.69 Å². The van der Waals surface area contributed by atoms with Gasteiger partial charge in [-0.25, -0.2) is 8.42 Å². The summed E-state index contributed by atoms with van der Waals surface area (Å²) in [5.41, 5.74) is -0.196. The Morgan fingerprint density at radius 1 is 1.15 bits per heavy atom. The summed E-state index contributed by atoms with van der Waals surface area (Å²) in [6.45, 7) is -0.335. The minimum absolute atomic E-state index is 0.0129. The van der Waals surface area contributed by atoms with Crippen molar-refractivity contribution in [2.45, 2.75) is 50.6 Å². The van der Waals surface area contributed by atoms with Crippen LogP contribution in [-0.2, 0) is 14.6 Å². The van der Waals surface area contributed by atoms with Gasteiger partial charge >= 0.3 is 5.69 Å². The Bertz CT molecular complexity index is 804. The molecule has 0 aromatic heterocycles. The average molecular weight is 396 g/mol. The number of rotatable bonds is 6. The van der Waals surface area contributed by atoms with Crippen molar-refractivity contribution >= 4 is 21.4 Å². The predicted octanol–water partition coefficient (Wildman–Crippen LogP) is 2.32. The van der Waals surface area contributed by atoms with Gasteiger partial charge in [0.05, 0.1) is 16.4 Å². The molecule has 3 rings (SSSR count). The molecule has 1 aliphatic heterocycles. The number of hydrogen-bond donors (Lipinski definition) is 0. The summed E-state index contributed by atoms with van der Waals surface area (Å²) in [7, 11) is -3.12. The van der Waals surface area contributed by atoms with E-state index in [1.165, 1.54) is 18.2 Å². The smallest absolute Gasteiger partial charge is 0.310 e. The molecule has 9 heteroatoms. The molecule has 1 aromatic rings. The van der Waals surface area contributed by atoms with Gasteiger partial charge in [-0.1, -0.05) is 31.4 Å². The molecule has 0 N–H and O–H groups in total. The normalized spacial score (nSPS) is 22.3. The van der Waals surface area contributed by atoms with E-state index in [-0.39, 0.29) is 47.5 Å². The molecule has 8 nitrogen and oxygen atoms in total. The standard InChI is InChI=1S/C18H24N2O6S/c21-18(12-26-17-9-5-4-8-16(17)20(22)23)19(14-6-2-1-3-7-14)15-10-11-27(24,25)13-15/h4-5,8-9,14-15H,1-3,6-7,10-13H2/t15-/m0/s1. The number of amides is 1. The fourth-order valence-electron chi connectivity index (χ4n) is 4.00. The number of carbonyl (C=O) groups excluding carboxylic acids is 1. The average Bonchev–Trinajstić information content (AvgIpc) is 3.00. The van der Waals surface area contributed by atoms with E-state index in [1.807, 2.05) is 0 Å². The van der Waals surface area contributed by atoms with Gasteiger partial charge in [-0.2, -0.15) is 0 Å². The second-order valence-corrected chi connectivity index (χ2v) is 9.39. The number of sulfone groups is 1. The van der Waals surface area contributed by atoms with Crippen molar-refractivity contribution in [2.24, 2.45) is 0 Å². The first-order valence-electron chi connectivity index (χ1n) is 9.25. The number of nitro groups is 1. The molecule has 0 spiro atoms. The number of ether oxygens (including phenoxy) is 1. The maximum atomic E-state index is 12.9. The first-order chi connectivity index (χ1) is 12.9. The van der Waals surface area contributed by atoms with Gasteiger partial charge in [-0.15, -0.1) is 0 Å². The monoisotopic (exact) mass is 396 g/mol. The number of nitro benzene ring substituents is 1. The Morgan fingerprint density at radius 2 is 1.85 bits per heavy atom. The maximum Gasteiger partial charge on any atom is 0.310 e. The van der Waals surface area contributed by atoms with Crippen molar-refractivity contribution < 1.29 is 22.9 Å². The Morgan fingerprint density at radius 3 is 2.48 bits per heavy atom.